The number of aromatic nitrogens is 2. The quantitative estimate of drug-likeness (QED) is 0.731. The van der Waals surface area contributed by atoms with Gasteiger partial charge in [0.25, 0.3) is 0 Å². The molecule has 0 saturated carbocycles. The summed E-state index contributed by atoms with van der Waals surface area (Å²) in [5.41, 5.74) is 5.43. The van der Waals surface area contributed by atoms with Gasteiger partial charge in [0.1, 0.15) is 0 Å². The maximum absolute atomic E-state index is 12.3. The molecule has 1 aromatic heterocycles. The molecule has 0 aliphatic heterocycles. The largest absolute Gasteiger partial charge is 0.434 e. The second-order valence-corrected chi connectivity index (χ2v) is 3.00. The van der Waals surface area contributed by atoms with Gasteiger partial charge < -0.3 is 5.73 Å². The van der Waals surface area contributed by atoms with Gasteiger partial charge in [0, 0.05) is 5.69 Å². The Bertz CT molecular complexity index is 513. The molecule has 0 amide bonds. The number of benzene rings is 1. The highest BCUT2D eigenvalue weighted by molar-refractivity contribution is 5.85. The van der Waals surface area contributed by atoms with Crippen molar-refractivity contribution in [3.63, 3.8) is 0 Å². The Labute approximate surface area is 94.9 Å². The molecule has 0 spiro atoms. The van der Waals surface area contributed by atoms with Crippen LogP contribution in [0.1, 0.15) is 5.69 Å². The van der Waals surface area contributed by atoms with E-state index in [-0.39, 0.29) is 17.9 Å². The highest BCUT2D eigenvalue weighted by Crippen LogP contribution is 2.28. The lowest BCUT2D eigenvalue weighted by atomic mass is 10.2. The minimum atomic E-state index is -4.47. The fraction of sp³-hybridized carbons (Fsp3) is 0.111. The van der Waals surface area contributed by atoms with Crippen molar-refractivity contribution in [3.8, 4) is 0 Å². The Morgan fingerprint density at radius 2 is 1.81 bits per heavy atom. The first kappa shape index (κ1) is 12.5. The molecule has 0 bridgehead atoms. The summed E-state index contributed by atoms with van der Waals surface area (Å²) >= 11 is 0. The van der Waals surface area contributed by atoms with Gasteiger partial charge in [-0.25, -0.2) is 4.98 Å². The number of fused-ring (bicyclic) bond motifs is 1. The SMILES string of the molecule is Cl.Nc1ccc2nc(C(F)(F)F)cnc2c1. The highest BCUT2D eigenvalue weighted by atomic mass is 35.5. The first-order chi connectivity index (χ1) is 6.97. The fourth-order valence-electron chi connectivity index (χ4n) is 1.16. The highest BCUT2D eigenvalue weighted by Gasteiger charge is 2.33. The van der Waals surface area contributed by atoms with Crippen LogP contribution in [0.25, 0.3) is 11.0 Å². The van der Waals surface area contributed by atoms with Crippen LogP contribution in [0.5, 0.6) is 0 Å². The van der Waals surface area contributed by atoms with Gasteiger partial charge in [-0.3, -0.25) is 4.98 Å². The number of hydrogen-bond donors (Lipinski definition) is 1. The van der Waals surface area contributed by atoms with E-state index in [0.29, 0.717) is 17.4 Å². The molecular formula is C9H7ClF3N3. The van der Waals surface area contributed by atoms with Crippen molar-refractivity contribution in [2.24, 2.45) is 0 Å². The lowest BCUT2D eigenvalue weighted by molar-refractivity contribution is -0.141. The molecule has 0 atom stereocenters. The number of hydrogen-bond acceptors (Lipinski definition) is 3. The molecule has 2 rings (SSSR count). The van der Waals surface area contributed by atoms with Crippen molar-refractivity contribution in [3.05, 3.63) is 30.1 Å². The number of rotatable bonds is 0. The first-order valence-corrected chi connectivity index (χ1v) is 4.06. The van der Waals surface area contributed by atoms with E-state index in [1.165, 1.54) is 18.2 Å². The van der Waals surface area contributed by atoms with E-state index >= 15 is 0 Å². The van der Waals surface area contributed by atoms with Gasteiger partial charge in [0.05, 0.1) is 17.2 Å². The van der Waals surface area contributed by atoms with Gasteiger partial charge in [-0.2, -0.15) is 13.2 Å². The lowest BCUT2D eigenvalue weighted by Gasteiger charge is -2.05. The number of nitrogens with zero attached hydrogens (tertiary/aromatic N) is 2. The molecule has 3 nitrogen and oxygen atoms in total. The molecule has 1 aromatic carbocycles. The molecule has 2 N–H and O–H groups in total. The Hall–Kier alpha value is -1.56. The van der Waals surface area contributed by atoms with Crippen LogP contribution in [0, 0.1) is 0 Å². The second-order valence-electron chi connectivity index (χ2n) is 3.00. The van der Waals surface area contributed by atoms with E-state index in [9.17, 15) is 13.2 Å². The van der Waals surface area contributed by atoms with Gasteiger partial charge in [0.2, 0.25) is 0 Å². The van der Waals surface area contributed by atoms with Crippen LogP contribution in [0.3, 0.4) is 0 Å². The maximum Gasteiger partial charge on any atom is 0.434 e. The summed E-state index contributed by atoms with van der Waals surface area (Å²) in [5.74, 6) is 0. The monoisotopic (exact) mass is 249 g/mol. The van der Waals surface area contributed by atoms with E-state index in [1.54, 1.807) is 0 Å². The molecule has 86 valence electrons. The number of nitrogens with two attached hydrogens (primary N) is 1. The van der Waals surface area contributed by atoms with Crippen LogP contribution in [0.15, 0.2) is 24.4 Å². The van der Waals surface area contributed by atoms with Crippen LogP contribution in [-0.4, -0.2) is 9.97 Å². The van der Waals surface area contributed by atoms with Gasteiger partial charge in [-0.05, 0) is 18.2 Å². The Kier molecular flexibility index (Phi) is 3.23. The van der Waals surface area contributed by atoms with Crippen molar-refractivity contribution in [1.82, 2.24) is 9.97 Å². The predicted molar refractivity (Wildman–Crippen MR) is 56.2 cm³/mol. The van der Waals surface area contributed by atoms with E-state index in [0.717, 1.165) is 0 Å². The molecule has 0 radical (unpaired) electrons. The van der Waals surface area contributed by atoms with Crippen LogP contribution in [-0.2, 0) is 6.18 Å². The summed E-state index contributed by atoms with van der Waals surface area (Å²) in [6.07, 6.45) is -3.77. The number of alkyl halides is 3. The third-order valence-corrected chi connectivity index (χ3v) is 1.86. The third kappa shape index (κ3) is 2.33. The standard InChI is InChI=1S/C9H6F3N3.ClH/c10-9(11,12)8-4-14-7-3-5(13)1-2-6(7)15-8;/h1-4H,13H2;1H. The molecule has 2 aromatic rings. The molecule has 0 saturated heterocycles. The zero-order chi connectivity index (χ0) is 11.1. The van der Waals surface area contributed by atoms with Crippen LogP contribution in [0.4, 0.5) is 18.9 Å². The van der Waals surface area contributed by atoms with E-state index in [4.69, 9.17) is 5.73 Å². The summed E-state index contributed by atoms with van der Waals surface area (Å²) in [6.45, 7) is 0. The van der Waals surface area contributed by atoms with Crippen LogP contribution < -0.4 is 5.73 Å². The minimum absolute atomic E-state index is 0. The maximum atomic E-state index is 12.3. The van der Waals surface area contributed by atoms with Crippen molar-refractivity contribution < 1.29 is 13.2 Å². The van der Waals surface area contributed by atoms with Gasteiger partial charge in [-0.15, -0.1) is 12.4 Å². The fourth-order valence-corrected chi connectivity index (χ4v) is 1.16. The van der Waals surface area contributed by atoms with Gasteiger partial charge in [-0.1, -0.05) is 0 Å². The molecule has 0 aliphatic rings. The zero-order valence-electron chi connectivity index (χ0n) is 7.82. The van der Waals surface area contributed by atoms with Crippen molar-refractivity contribution in [2.45, 2.75) is 6.18 Å². The van der Waals surface area contributed by atoms with E-state index in [1.807, 2.05) is 0 Å². The van der Waals surface area contributed by atoms with Crippen molar-refractivity contribution >= 4 is 29.1 Å². The summed E-state index contributed by atoms with van der Waals surface area (Å²) in [6, 6.07) is 4.37. The molecule has 1 heterocycles. The summed E-state index contributed by atoms with van der Waals surface area (Å²) < 4.78 is 36.8. The third-order valence-electron chi connectivity index (χ3n) is 1.86. The van der Waals surface area contributed by atoms with Gasteiger partial charge in [0.15, 0.2) is 5.69 Å². The van der Waals surface area contributed by atoms with Crippen LogP contribution in [0.2, 0.25) is 0 Å². The zero-order valence-corrected chi connectivity index (χ0v) is 8.64. The van der Waals surface area contributed by atoms with Gasteiger partial charge >= 0.3 is 6.18 Å². The summed E-state index contributed by atoms with van der Waals surface area (Å²) in [4.78, 5) is 7.09. The number of anilines is 1. The smallest absolute Gasteiger partial charge is 0.399 e. The second kappa shape index (κ2) is 4.13. The molecule has 0 fully saturated rings. The topological polar surface area (TPSA) is 51.8 Å². The minimum Gasteiger partial charge on any atom is -0.399 e. The normalized spacial score (nSPS) is 11.2. The Balaban J connectivity index is 0.00000128. The summed E-state index contributed by atoms with van der Waals surface area (Å²) in [7, 11) is 0. The summed E-state index contributed by atoms with van der Waals surface area (Å²) in [5, 5.41) is 0. The predicted octanol–water partition coefficient (Wildman–Crippen LogP) is 2.65. The Morgan fingerprint density at radius 3 is 2.44 bits per heavy atom. The van der Waals surface area contributed by atoms with Crippen molar-refractivity contribution in [2.75, 3.05) is 5.73 Å². The molecular weight excluding hydrogens is 243 g/mol. The molecule has 0 unspecified atom stereocenters. The van der Waals surface area contributed by atoms with Crippen LogP contribution >= 0.6 is 12.4 Å². The lowest BCUT2D eigenvalue weighted by Crippen LogP contribution is -2.08. The number of halogens is 4. The van der Waals surface area contributed by atoms with E-state index in [2.05, 4.69) is 9.97 Å². The number of nitrogen functional groups attached to an aromatic ring is 1. The molecule has 16 heavy (non-hydrogen) atoms. The average Bonchev–Trinajstić information content (AvgIpc) is 2.15. The van der Waals surface area contributed by atoms with Crippen molar-refractivity contribution in [1.29, 1.82) is 0 Å². The average molecular weight is 250 g/mol. The first-order valence-electron chi connectivity index (χ1n) is 4.06. The Morgan fingerprint density at radius 1 is 1.12 bits per heavy atom. The molecule has 7 heteroatoms. The van der Waals surface area contributed by atoms with E-state index < -0.39 is 11.9 Å². The molecule has 0 aliphatic carbocycles.